The highest BCUT2D eigenvalue weighted by molar-refractivity contribution is 7.89. The lowest BCUT2D eigenvalue weighted by Gasteiger charge is -2.10. The van der Waals surface area contributed by atoms with E-state index in [0.29, 0.717) is 0 Å². The van der Waals surface area contributed by atoms with Gasteiger partial charge in [0.05, 0.1) is 10.0 Å². The Morgan fingerprint density at radius 1 is 1.10 bits per heavy atom. The van der Waals surface area contributed by atoms with E-state index in [9.17, 15) is 12.8 Å². The van der Waals surface area contributed by atoms with E-state index in [1.54, 1.807) is 12.1 Å². The average molecular weight is 350 g/mol. The quantitative estimate of drug-likeness (QED) is 0.919. The summed E-state index contributed by atoms with van der Waals surface area (Å²) in [6.45, 7) is 0.130. The first-order chi connectivity index (χ1) is 9.77. The summed E-state index contributed by atoms with van der Waals surface area (Å²) in [5.74, 6) is -0.143. The molecule has 21 heavy (non-hydrogen) atoms. The van der Waals surface area contributed by atoms with E-state index >= 15 is 0 Å². The average Bonchev–Trinajstić information content (AvgIpc) is 2.40. The Labute approximate surface area is 131 Å². The molecule has 0 unspecified atom stereocenters. The summed E-state index contributed by atoms with van der Waals surface area (Å²) in [4.78, 5) is -0.275. The van der Waals surface area contributed by atoms with Gasteiger partial charge in [0.2, 0.25) is 10.0 Å². The minimum absolute atomic E-state index is 0.0607. The van der Waals surface area contributed by atoms with Gasteiger partial charge in [-0.25, -0.2) is 17.9 Å². The molecule has 2 N–H and O–H groups in total. The van der Waals surface area contributed by atoms with Crippen LogP contribution in [0.4, 0.5) is 4.39 Å². The highest BCUT2D eigenvalue weighted by atomic mass is 35.5. The molecule has 0 amide bonds. The minimum Gasteiger partial charge on any atom is -0.487 e. The molecule has 0 aliphatic heterocycles. The molecule has 112 valence electrons. The summed E-state index contributed by atoms with van der Waals surface area (Å²) in [6.07, 6.45) is 0. The number of hydrogen-bond acceptors (Lipinski definition) is 3. The monoisotopic (exact) mass is 349 g/mol. The van der Waals surface area contributed by atoms with Gasteiger partial charge >= 0.3 is 0 Å². The van der Waals surface area contributed by atoms with E-state index in [1.165, 1.54) is 18.2 Å². The first-order valence-corrected chi connectivity index (χ1v) is 7.96. The van der Waals surface area contributed by atoms with Gasteiger partial charge in [0, 0.05) is 6.07 Å². The molecule has 4 nitrogen and oxygen atoms in total. The summed E-state index contributed by atoms with van der Waals surface area (Å²) in [5, 5.41) is 4.98. The van der Waals surface area contributed by atoms with Crippen molar-refractivity contribution in [2.24, 2.45) is 5.14 Å². The van der Waals surface area contributed by atoms with Crippen molar-refractivity contribution in [2.45, 2.75) is 11.5 Å². The number of hydrogen-bond donors (Lipinski definition) is 1. The molecule has 2 aromatic rings. The van der Waals surface area contributed by atoms with Crippen LogP contribution in [-0.2, 0) is 16.6 Å². The maximum Gasteiger partial charge on any atom is 0.239 e. The van der Waals surface area contributed by atoms with E-state index in [1.807, 2.05) is 0 Å². The highest BCUT2D eigenvalue weighted by Crippen LogP contribution is 2.33. The second-order valence-corrected chi connectivity index (χ2v) is 6.52. The molecule has 2 rings (SSSR count). The number of sulfonamides is 1. The summed E-state index contributed by atoms with van der Waals surface area (Å²) < 4.78 is 40.8. The Hall–Kier alpha value is -1.34. The van der Waals surface area contributed by atoms with Crippen molar-refractivity contribution in [3.63, 3.8) is 0 Å². The zero-order valence-corrected chi connectivity index (χ0v) is 12.8. The maximum atomic E-state index is 12.8. The van der Waals surface area contributed by atoms with Gasteiger partial charge in [0.25, 0.3) is 0 Å². The van der Waals surface area contributed by atoms with Gasteiger partial charge in [0.15, 0.2) is 0 Å². The number of rotatable bonds is 4. The smallest absolute Gasteiger partial charge is 0.239 e. The molecule has 0 aliphatic rings. The van der Waals surface area contributed by atoms with Crippen molar-refractivity contribution >= 4 is 33.2 Å². The van der Waals surface area contributed by atoms with Crippen LogP contribution >= 0.6 is 23.2 Å². The van der Waals surface area contributed by atoms with Crippen molar-refractivity contribution < 1.29 is 17.5 Å². The van der Waals surface area contributed by atoms with Gasteiger partial charge in [-0.15, -0.1) is 0 Å². The van der Waals surface area contributed by atoms with E-state index in [-0.39, 0.29) is 33.1 Å². The van der Waals surface area contributed by atoms with Gasteiger partial charge in [0.1, 0.15) is 23.1 Å². The third-order valence-electron chi connectivity index (χ3n) is 2.60. The summed E-state index contributed by atoms with van der Waals surface area (Å²) >= 11 is 11.8. The van der Waals surface area contributed by atoms with Gasteiger partial charge in [-0.1, -0.05) is 35.3 Å². The van der Waals surface area contributed by atoms with Crippen molar-refractivity contribution in [3.05, 3.63) is 57.8 Å². The fraction of sp³-hybridized carbons (Fsp3) is 0.0769. The van der Waals surface area contributed by atoms with Crippen LogP contribution in [0.15, 0.2) is 41.3 Å². The van der Waals surface area contributed by atoms with Gasteiger partial charge in [-0.3, -0.25) is 0 Å². The molecule has 0 aliphatic carbocycles. The van der Waals surface area contributed by atoms with Gasteiger partial charge in [-0.05, 0) is 23.8 Å². The normalized spacial score (nSPS) is 11.4. The molecule has 0 fully saturated rings. The van der Waals surface area contributed by atoms with Crippen LogP contribution in [0.3, 0.4) is 0 Å². The molecule has 0 radical (unpaired) electrons. The van der Waals surface area contributed by atoms with Gasteiger partial charge in [-0.2, -0.15) is 0 Å². The zero-order chi connectivity index (χ0) is 15.6. The summed E-state index contributed by atoms with van der Waals surface area (Å²) in [6, 6.07) is 8.12. The van der Waals surface area contributed by atoms with Crippen LogP contribution in [0.5, 0.6) is 5.75 Å². The van der Waals surface area contributed by atoms with Crippen LogP contribution in [-0.4, -0.2) is 8.42 Å². The third kappa shape index (κ3) is 4.07. The molecular formula is C13H10Cl2FNO3S. The first kappa shape index (κ1) is 16.0. The Balaban J connectivity index is 2.21. The van der Waals surface area contributed by atoms with Crippen LogP contribution in [0.2, 0.25) is 10.0 Å². The molecule has 0 bridgehead atoms. The number of halogens is 3. The Morgan fingerprint density at radius 2 is 1.71 bits per heavy atom. The predicted octanol–water partition coefficient (Wildman–Crippen LogP) is 3.36. The Bertz CT molecular complexity index is 764. The van der Waals surface area contributed by atoms with Crippen LogP contribution in [0, 0.1) is 5.82 Å². The van der Waals surface area contributed by atoms with E-state index in [2.05, 4.69) is 0 Å². The fourth-order valence-corrected chi connectivity index (χ4v) is 2.95. The van der Waals surface area contributed by atoms with Crippen molar-refractivity contribution in [3.8, 4) is 5.75 Å². The second kappa shape index (κ2) is 6.19. The molecule has 8 heteroatoms. The lowest BCUT2D eigenvalue weighted by atomic mass is 10.2. The van der Waals surface area contributed by atoms with E-state index in [0.717, 1.165) is 11.6 Å². The Morgan fingerprint density at radius 3 is 2.29 bits per heavy atom. The SMILES string of the molecule is NS(=O)(=O)c1cc(Cl)c(OCc2ccc(F)cc2)cc1Cl. The van der Waals surface area contributed by atoms with E-state index < -0.39 is 10.0 Å². The summed E-state index contributed by atoms with van der Waals surface area (Å²) in [5.41, 5.74) is 0.721. The zero-order valence-electron chi connectivity index (χ0n) is 10.5. The number of benzene rings is 2. The van der Waals surface area contributed by atoms with Gasteiger partial charge < -0.3 is 4.74 Å². The van der Waals surface area contributed by atoms with E-state index in [4.69, 9.17) is 33.1 Å². The number of primary sulfonamides is 1. The van der Waals surface area contributed by atoms with Crippen molar-refractivity contribution in [2.75, 3.05) is 0 Å². The topological polar surface area (TPSA) is 69.4 Å². The van der Waals surface area contributed by atoms with Crippen molar-refractivity contribution in [1.29, 1.82) is 0 Å². The summed E-state index contributed by atoms with van der Waals surface area (Å²) in [7, 11) is -3.96. The fourth-order valence-electron chi connectivity index (χ4n) is 1.58. The van der Waals surface area contributed by atoms with Crippen molar-refractivity contribution in [1.82, 2.24) is 0 Å². The largest absolute Gasteiger partial charge is 0.487 e. The molecule has 2 aromatic carbocycles. The third-order valence-corrected chi connectivity index (χ3v) is 4.27. The highest BCUT2D eigenvalue weighted by Gasteiger charge is 2.16. The lowest BCUT2D eigenvalue weighted by Crippen LogP contribution is -2.13. The Kier molecular flexibility index (Phi) is 4.73. The maximum absolute atomic E-state index is 12.8. The molecule has 0 atom stereocenters. The molecule has 0 saturated heterocycles. The molecule has 0 heterocycles. The molecule has 0 aromatic heterocycles. The van der Waals surface area contributed by atoms with Crippen LogP contribution in [0.25, 0.3) is 0 Å². The second-order valence-electron chi connectivity index (χ2n) is 4.17. The predicted molar refractivity (Wildman–Crippen MR) is 78.6 cm³/mol. The first-order valence-electron chi connectivity index (χ1n) is 5.66. The minimum atomic E-state index is -3.96. The van der Waals surface area contributed by atoms with Crippen LogP contribution < -0.4 is 9.88 Å². The molecule has 0 saturated carbocycles. The molecule has 0 spiro atoms. The standard InChI is InChI=1S/C13H10Cl2FNO3S/c14-10-6-13(21(17,18)19)11(15)5-12(10)20-7-8-1-3-9(16)4-2-8/h1-6H,7H2,(H2,17,18,19). The lowest BCUT2D eigenvalue weighted by molar-refractivity contribution is 0.306. The number of ether oxygens (including phenoxy) is 1. The van der Waals surface area contributed by atoms with Crippen LogP contribution in [0.1, 0.15) is 5.56 Å². The molecular weight excluding hydrogens is 340 g/mol. The number of nitrogens with two attached hydrogens (primary N) is 1.